The molecule has 4 heteroatoms. The van der Waals surface area contributed by atoms with E-state index in [9.17, 15) is 0 Å². The maximum absolute atomic E-state index is 5.53. The normalized spacial score (nSPS) is 12.4. The zero-order chi connectivity index (χ0) is 15.2. The average Bonchev–Trinajstić information content (AvgIpc) is 2.89. The summed E-state index contributed by atoms with van der Waals surface area (Å²) in [7, 11) is 1.72. The van der Waals surface area contributed by atoms with E-state index in [0.29, 0.717) is 0 Å². The average molecular weight is 304 g/mol. The SMILES string of the molecule is CCCNC(c1nc(CC)c(C)s1)c1ccccc1OC. The Kier molecular flexibility index (Phi) is 5.76. The molecule has 2 rings (SSSR count). The Labute approximate surface area is 131 Å². The van der Waals surface area contributed by atoms with E-state index in [4.69, 9.17) is 9.72 Å². The minimum Gasteiger partial charge on any atom is -0.496 e. The van der Waals surface area contributed by atoms with E-state index in [1.807, 2.05) is 12.1 Å². The lowest BCUT2D eigenvalue weighted by molar-refractivity contribution is 0.403. The largest absolute Gasteiger partial charge is 0.496 e. The zero-order valence-electron chi connectivity index (χ0n) is 13.3. The predicted molar refractivity (Wildman–Crippen MR) is 89.4 cm³/mol. The molecular weight excluding hydrogens is 280 g/mol. The molecule has 0 aliphatic rings. The van der Waals surface area contributed by atoms with Crippen LogP contribution in [0.15, 0.2) is 24.3 Å². The number of benzene rings is 1. The summed E-state index contributed by atoms with van der Waals surface area (Å²) in [6, 6.07) is 8.29. The Morgan fingerprint density at radius 1 is 1.29 bits per heavy atom. The van der Waals surface area contributed by atoms with Crippen molar-refractivity contribution < 1.29 is 4.74 Å². The van der Waals surface area contributed by atoms with Gasteiger partial charge < -0.3 is 10.1 Å². The van der Waals surface area contributed by atoms with Gasteiger partial charge in [-0.15, -0.1) is 11.3 Å². The quantitative estimate of drug-likeness (QED) is 0.836. The molecule has 1 unspecified atom stereocenters. The third-order valence-electron chi connectivity index (χ3n) is 3.54. The highest BCUT2D eigenvalue weighted by Crippen LogP contribution is 2.33. The van der Waals surface area contributed by atoms with Gasteiger partial charge in [-0.2, -0.15) is 0 Å². The smallest absolute Gasteiger partial charge is 0.124 e. The fraction of sp³-hybridized carbons (Fsp3) is 0.471. The molecule has 114 valence electrons. The second-order valence-corrected chi connectivity index (χ2v) is 6.27. The number of nitrogens with one attached hydrogen (secondary N) is 1. The highest BCUT2D eigenvalue weighted by molar-refractivity contribution is 7.11. The number of methoxy groups -OCH3 is 1. The molecule has 0 spiro atoms. The molecule has 0 fully saturated rings. The van der Waals surface area contributed by atoms with Gasteiger partial charge in [0.05, 0.1) is 18.8 Å². The summed E-state index contributed by atoms with van der Waals surface area (Å²) >= 11 is 1.78. The third kappa shape index (κ3) is 3.63. The van der Waals surface area contributed by atoms with E-state index in [2.05, 4.69) is 38.2 Å². The number of nitrogens with zero attached hydrogens (tertiary/aromatic N) is 1. The molecule has 3 nitrogen and oxygen atoms in total. The van der Waals surface area contributed by atoms with Gasteiger partial charge >= 0.3 is 0 Å². The Morgan fingerprint density at radius 3 is 2.67 bits per heavy atom. The van der Waals surface area contributed by atoms with Crippen LogP contribution >= 0.6 is 11.3 Å². The molecule has 0 saturated carbocycles. The van der Waals surface area contributed by atoms with E-state index >= 15 is 0 Å². The van der Waals surface area contributed by atoms with Gasteiger partial charge in [0.25, 0.3) is 0 Å². The number of ether oxygens (including phenoxy) is 1. The van der Waals surface area contributed by atoms with Crippen LogP contribution in [-0.4, -0.2) is 18.6 Å². The van der Waals surface area contributed by atoms with Crippen LogP contribution in [-0.2, 0) is 6.42 Å². The van der Waals surface area contributed by atoms with Crippen LogP contribution < -0.4 is 10.1 Å². The molecule has 1 atom stereocenters. The lowest BCUT2D eigenvalue weighted by Crippen LogP contribution is -2.23. The number of hydrogen-bond acceptors (Lipinski definition) is 4. The van der Waals surface area contributed by atoms with Gasteiger partial charge in [0.2, 0.25) is 0 Å². The molecule has 2 aromatic rings. The summed E-state index contributed by atoms with van der Waals surface area (Å²) in [6.45, 7) is 7.45. The van der Waals surface area contributed by atoms with Crippen molar-refractivity contribution in [2.75, 3.05) is 13.7 Å². The Hall–Kier alpha value is -1.39. The number of para-hydroxylation sites is 1. The molecule has 1 N–H and O–H groups in total. The van der Waals surface area contributed by atoms with Gasteiger partial charge in [0.1, 0.15) is 10.8 Å². The number of rotatable bonds is 7. The predicted octanol–water partition coefficient (Wildman–Crippen LogP) is 4.11. The first-order valence-electron chi connectivity index (χ1n) is 7.53. The first-order chi connectivity index (χ1) is 10.2. The minimum absolute atomic E-state index is 0.102. The molecule has 1 aromatic carbocycles. The van der Waals surface area contributed by atoms with Gasteiger partial charge in [-0.25, -0.2) is 4.98 Å². The molecule has 1 heterocycles. The molecule has 0 saturated heterocycles. The standard InChI is InChI=1S/C17H24N2OS/c1-5-11-18-16(13-9-7-8-10-15(13)20-4)17-19-14(6-2)12(3)21-17/h7-10,16,18H,5-6,11H2,1-4H3. The topological polar surface area (TPSA) is 34.2 Å². The molecular formula is C17H24N2OS. The number of aryl methyl sites for hydroxylation is 2. The lowest BCUT2D eigenvalue weighted by Gasteiger charge is -2.19. The summed E-state index contributed by atoms with van der Waals surface area (Å²) in [5.74, 6) is 0.914. The third-order valence-corrected chi connectivity index (χ3v) is 4.62. The minimum atomic E-state index is 0.102. The number of aromatic nitrogens is 1. The van der Waals surface area contributed by atoms with Crippen molar-refractivity contribution in [1.82, 2.24) is 10.3 Å². The van der Waals surface area contributed by atoms with Crippen LogP contribution in [0.3, 0.4) is 0 Å². The lowest BCUT2D eigenvalue weighted by atomic mass is 10.1. The molecule has 0 radical (unpaired) electrons. The van der Waals surface area contributed by atoms with Gasteiger partial charge in [-0.3, -0.25) is 0 Å². The van der Waals surface area contributed by atoms with Crippen molar-refractivity contribution in [3.05, 3.63) is 45.4 Å². The van der Waals surface area contributed by atoms with Crippen LogP contribution in [0.1, 0.15) is 47.5 Å². The second kappa shape index (κ2) is 7.57. The molecule has 0 aliphatic carbocycles. The van der Waals surface area contributed by atoms with Gasteiger partial charge in [0, 0.05) is 10.4 Å². The first-order valence-corrected chi connectivity index (χ1v) is 8.35. The Morgan fingerprint density at radius 2 is 2.05 bits per heavy atom. The summed E-state index contributed by atoms with van der Waals surface area (Å²) < 4.78 is 5.53. The van der Waals surface area contributed by atoms with Crippen molar-refractivity contribution in [2.45, 2.75) is 39.7 Å². The van der Waals surface area contributed by atoms with Gasteiger partial charge in [0.15, 0.2) is 0 Å². The number of hydrogen-bond donors (Lipinski definition) is 1. The summed E-state index contributed by atoms with van der Waals surface area (Å²) in [4.78, 5) is 6.14. The fourth-order valence-electron chi connectivity index (χ4n) is 2.43. The van der Waals surface area contributed by atoms with Crippen molar-refractivity contribution in [3.8, 4) is 5.75 Å². The van der Waals surface area contributed by atoms with E-state index in [1.165, 1.54) is 10.6 Å². The highest BCUT2D eigenvalue weighted by atomic mass is 32.1. The van der Waals surface area contributed by atoms with Crippen molar-refractivity contribution >= 4 is 11.3 Å². The summed E-state index contributed by atoms with van der Waals surface area (Å²) in [5.41, 5.74) is 2.36. The van der Waals surface area contributed by atoms with E-state index in [1.54, 1.807) is 18.4 Å². The Bertz CT molecular complexity index is 580. The maximum Gasteiger partial charge on any atom is 0.124 e. The maximum atomic E-state index is 5.53. The highest BCUT2D eigenvalue weighted by Gasteiger charge is 2.21. The van der Waals surface area contributed by atoms with Crippen molar-refractivity contribution in [2.24, 2.45) is 0 Å². The van der Waals surface area contributed by atoms with E-state index in [0.717, 1.165) is 35.7 Å². The van der Waals surface area contributed by atoms with Crippen molar-refractivity contribution in [3.63, 3.8) is 0 Å². The number of thiazole rings is 1. The van der Waals surface area contributed by atoms with E-state index < -0.39 is 0 Å². The van der Waals surface area contributed by atoms with E-state index in [-0.39, 0.29) is 6.04 Å². The molecule has 0 aliphatic heterocycles. The fourth-order valence-corrected chi connectivity index (χ4v) is 3.53. The second-order valence-electron chi connectivity index (χ2n) is 5.04. The van der Waals surface area contributed by atoms with Gasteiger partial charge in [-0.1, -0.05) is 32.0 Å². The van der Waals surface area contributed by atoms with Crippen LogP contribution in [0, 0.1) is 6.92 Å². The van der Waals surface area contributed by atoms with Crippen LogP contribution in [0.5, 0.6) is 5.75 Å². The summed E-state index contributed by atoms with van der Waals surface area (Å²) in [6.07, 6.45) is 2.07. The zero-order valence-corrected chi connectivity index (χ0v) is 14.1. The summed E-state index contributed by atoms with van der Waals surface area (Å²) in [5, 5.41) is 4.74. The molecule has 0 bridgehead atoms. The van der Waals surface area contributed by atoms with Crippen LogP contribution in [0.2, 0.25) is 0 Å². The van der Waals surface area contributed by atoms with Crippen LogP contribution in [0.25, 0.3) is 0 Å². The molecule has 21 heavy (non-hydrogen) atoms. The first kappa shape index (κ1) is 16.0. The van der Waals surface area contributed by atoms with Gasteiger partial charge in [-0.05, 0) is 32.4 Å². The monoisotopic (exact) mass is 304 g/mol. The molecule has 1 aromatic heterocycles. The molecule has 0 amide bonds. The Balaban J connectivity index is 2.41. The van der Waals surface area contributed by atoms with Crippen LogP contribution in [0.4, 0.5) is 0 Å². The van der Waals surface area contributed by atoms with Crippen molar-refractivity contribution in [1.29, 1.82) is 0 Å².